The summed E-state index contributed by atoms with van der Waals surface area (Å²) in [6.07, 6.45) is 5.89. The Bertz CT molecular complexity index is 882. The molecule has 4 rings (SSSR count). The molecule has 6 heteroatoms. The Labute approximate surface area is 213 Å². The van der Waals surface area contributed by atoms with Crippen molar-refractivity contribution in [1.82, 2.24) is 9.80 Å². The van der Waals surface area contributed by atoms with Crippen molar-refractivity contribution < 1.29 is 4.74 Å². The average molecular weight is 508 g/mol. The van der Waals surface area contributed by atoms with Gasteiger partial charge in [-0.3, -0.25) is 4.90 Å². The molecule has 33 heavy (non-hydrogen) atoms. The zero-order chi connectivity index (χ0) is 23.2. The molecule has 3 nitrogen and oxygen atoms in total. The number of halogens is 2. The molecule has 0 aliphatic carbocycles. The second-order valence-electron chi connectivity index (χ2n) is 9.77. The number of hydrogen-bond donors (Lipinski definition) is 0. The maximum Gasteiger partial charge on any atom is 0.0648 e. The molecule has 2 aliphatic heterocycles. The van der Waals surface area contributed by atoms with E-state index in [-0.39, 0.29) is 0 Å². The zero-order valence-corrected chi connectivity index (χ0v) is 21.9. The van der Waals surface area contributed by atoms with Gasteiger partial charge in [0.1, 0.15) is 0 Å². The Morgan fingerprint density at radius 3 is 2.70 bits per heavy atom. The summed E-state index contributed by atoms with van der Waals surface area (Å²) >= 11 is 14.4. The predicted molar refractivity (Wildman–Crippen MR) is 142 cm³/mol. The summed E-state index contributed by atoms with van der Waals surface area (Å²) in [5.74, 6) is 2.02. The number of thiophene rings is 1. The fraction of sp³-hybridized carbons (Fsp3) is 0.556. The maximum atomic E-state index is 6.48. The summed E-state index contributed by atoms with van der Waals surface area (Å²) in [6, 6.07) is 8.19. The van der Waals surface area contributed by atoms with Crippen LogP contribution in [-0.4, -0.2) is 55.2 Å². The highest BCUT2D eigenvalue weighted by Gasteiger charge is 2.36. The Morgan fingerprint density at radius 1 is 1.18 bits per heavy atom. The van der Waals surface area contributed by atoms with Crippen LogP contribution in [0.5, 0.6) is 0 Å². The van der Waals surface area contributed by atoms with Gasteiger partial charge in [-0.1, -0.05) is 35.3 Å². The van der Waals surface area contributed by atoms with E-state index >= 15 is 0 Å². The quantitative estimate of drug-likeness (QED) is 0.323. The van der Waals surface area contributed by atoms with Gasteiger partial charge >= 0.3 is 0 Å². The van der Waals surface area contributed by atoms with E-state index in [0.717, 1.165) is 37.0 Å². The summed E-state index contributed by atoms with van der Waals surface area (Å²) in [6.45, 7) is 13.3. The fourth-order valence-corrected chi connectivity index (χ4v) is 6.73. The first-order chi connectivity index (χ1) is 16.0. The number of nitrogens with zero attached hydrogens (tertiary/aromatic N) is 2. The minimum absolute atomic E-state index is 0.325. The predicted octanol–water partition coefficient (Wildman–Crippen LogP) is 6.96. The maximum absolute atomic E-state index is 6.48. The lowest BCUT2D eigenvalue weighted by Gasteiger charge is -2.35. The summed E-state index contributed by atoms with van der Waals surface area (Å²) in [5.41, 5.74) is 2.66. The highest BCUT2D eigenvalue weighted by Crippen LogP contribution is 2.36. The molecular weight excluding hydrogens is 471 g/mol. The summed E-state index contributed by atoms with van der Waals surface area (Å²) in [5, 5.41) is 6.02. The van der Waals surface area contributed by atoms with Crippen LogP contribution in [0.25, 0.3) is 0 Å². The first-order valence-corrected chi connectivity index (χ1v) is 13.8. The van der Waals surface area contributed by atoms with Gasteiger partial charge in [-0.2, -0.15) is 11.3 Å². The van der Waals surface area contributed by atoms with Crippen molar-refractivity contribution in [2.75, 3.05) is 39.3 Å². The third-order valence-corrected chi connectivity index (χ3v) is 8.55. The van der Waals surface area contributed by atoms with Crippen molar-refractivity contribution in [1.29, 1.82) is 0 Å². The minimum Gasteiger partial charge on any atom is -0.374 e. The van der Waals surface area contributed by atoms with Gasteiger partial charge in [-0.05, 0) is 91.2 Å². The van der Waals surface area contributed by atoms with E-state index in [1.54, 1.807) is 0 Å². The van der Waals surface area contributed by atoms with Crippen molar-refractivity contribution in [3.05, 3.63) is 68.9 Å². The molecule has 1 aromatic carbocycles. The summed E-state index contributed by atoms with van der Waals surface area (Å²) in [7, 11) is 0. The van der Waals surface area contributed by atoms with Gasteiger partial charge in [0.15, 0.2) is 0 Å². The Morgan fingerprint density at radius 2 is 2.00 bits per heavy atom. The topological polar surface area (TPSA) is 15.7 Å². The van der Waals surface area contributed by atoms with Crippen LogP contribution in [-0.2, 0) is 11.3 Å². The van der Waals surface area contributed by atoms with Crippen LogP contribution in [0.15, 0.2) is 47.7 Å². The van der Waals surface area contributed by atoms with Gasteiger partial charge in [0.05, 0.1) is 12.7 Å². The zero-order valence-electron chi connectivity index (χ0n) is 19.6. The minimum atomic E-state index is 0.325. The summed E-state index contributed by atoms with van der Waals surface area (Å²) < 4.78 is 5.81. The SMILES string of the molecule is C=CCOC(C)CC1CCN(CC2CN(Cc3ccc(Cl)cc3Cl)C[C@@H]2c2ccsc2)CC1. The van der Waals surface area contributed by atoms with E-state index < -0.39 is 0 Å². The summed E-state index contributed by atoms with van der Waals surface area (Å²) in [4.78, 5) is 5.28. The Balaban J connectivity index is 1.33. The molecule has 0 spiro atoms. The Kier molecular flexibility index (Phi) is 9.32. The van der Waals surface area contributed by atoms with Crippen LogP contribution in [0.3, 0.4) is 0 Å². The van der Waals surface area contributed by atoms with Crippen molar-refractivity contribution in [2.45, 2.75) is 44.8 Å². The van der Waals surface area contributed by atoms with Crippen molar-refractivity contribution >= 4 is 34.5 Å². The average Bonchev–Trinajstić information content (AvgIpc) is 3.46. The molecule has 2 aliphatic rings. The Hall–Kier alpha value is -0.880. The highest BCUT2D eigenvalue weighted by atomic mass is 35.5. The number of benzene rings is 1. The molecule has 2 aromatic rings. The van der Waals surface area contributed by atoms with Gasteiger partial charge < -0.3 is 9.64 Å². The van der Waals surface area contributed by atoms with E-state index in [0.29, 0.717) is 29.6 Å². The molecule has 0 N–H and O–H groups in total. The molecule has 0 bridgehead atoms. The molecule has 0 saturated carbocycles. The fourth-order valence-electron chi connectivity index (χ4n) is 5.54. The van der Waals surface area contributed by atoms with Gasteiger partial charge in [0.25, 0.3) is 0 Å². The standard InChI is InChI=1S/C27H36Cl2N2OS/c1-3-11-32-20(2)13-21-6-9-30(10-7-21)16-24-17-31(18-26(24)23-8-12-33-19-23)15-22-4-5-25(28)14-27(22)29/h3-5,8,12,14,19-21,24,26H,1,6-7,9-11,13,15-18H2,2H3/t20?,24?,26-/m1/s1. The lowest BCUT2D eigenvalue weighted by molar-refractivity contribution is 0.0537. The van der Waals surface area contributed by atoms with Gasteiger partial charge in [-0.15, -0.1) is 6.58 Å². The second kappa shape index (κ2) is 12.2. The molecule has 2 saturated heterocycles. The molecule has 3 atom stereocenters. The monoisotopic (exact) mass is 506 g/mol. The normalized spacial score (nSPS) is 23.7. The van der Waals surface area contributed by atoms with E-state index in [9.17, 15) is 0 Å². The van der Waals surface area contributed by atoms with Crippen LogP contribution in [0.2, 0.25) is 10.0 Å². The van der Waals surface area contributed by atoms with Crippen LogP contribution in [0.1, 0.15) is 43.2 Å². The van der Waals surface area contributed by atoms with Gasteiger partial charge in [-0.25, -0.2) is 0 Å². The molecular formula is C27H36Cl2N2OS. The molecule has 0 amide bonds. The van der Waals surface area contributed by atoms with Crippen LogP contribution < -0.4 is 0 Å². The molecule has 1 aromatic heterocycles. The van der Waals surface area contributed by atoms with E-state index in [1.807, 2.05) is 29.5 Å². The van der Waals surface area contributed by atoms with Crippen LogP contribution >= 0.6 is 34.5 Å². The highest BCUT2D eigenvalue weighted by molar-refractivity contribution is 7.08. The third kappa shape index (κ3) is 7.06. The molecule has 180 valence electrons. The van der Waals surface area contributed by atoms with E-state index in [4.69, 9.17) is 27.9 Å². The van der Waals surface area contributed by atoms with Crippen molar-refractivity contribution in [2.24, 2.45) is 11.8 Å². The molecule has 0 radical (unpaired) electrons. The number of likely N-dealkylation sites (tertiary alicyclic amines) is 2. The number of rotatable bonds is 10. The largest absolute Gasteiger partial charge is 0.374 e. The first kappa shape index (κ1) is 25.2. The van der Waals surface area contributed by atoms with Crippen molar-refractivity contribution in [3.8, 4) is 0 Å². The third-order valence-electron chi connectivity index (χ3n) is 7.26. The first-order valence-electron chi connectivity index (χ1n) is 12.1. The number of piperidine rings is 1. The van der Waals surface area contributed by atoms with Crippen LogP contribution in [0, 0.1) is 11.8 Å². The molecule has 2 fully saturated rings. The smallest absolute Gasteiger partial charge is 0.0648 e. The lowest BCUT2D eigenvalue weighted by Crippen LogP contribution is -2.39. The van der Waals surface area contributed by atoms with Gasteiger partial charge in [0, 0.05) is 42.1 Å². The van der Waals surface area contributed by atoms with Gasteiger partial charge in [0.2, 0.25) is 0 Å². The van der Waals surface area contributed by atoms with Crippen LogP contribution in [0.4, 0.5) is 0 Å². The molecule has 2 unspecified atom stereocenters. The molecule has 3 heterocycles. The second-order valence-corrected chi connectivity index (χ2v) is 11.4. The number of ether oxygens (including phenoxy) is 1. The van der Waals surface area contributed by atoms with E-state index in [2.05, 4.69) is 46.2 Å². The van der Waals surface area contributed by atoms with E-state index in [1.165, 1.54) is 43.6 Å². The number of hydrogen-bond acceptors (Lipinski definition) is 4. The lowest BCUT2D eigenvalue weighted by atomic mass is 9.88. The van der Waals surface area contributed by atoms with Crippen molar-refractivity contribution in [3.63, 3.8) is 0 Å².